The molecule has 0 spiro atoms. The van der Waals surface area contributed by atoms with E-state index in [0.717, 1.165) is 10.6 Å². The van der Waals surface area contributed by atoms with E-state index in [1.807, 2.05) is 45.9 Å². The van der Waals surface area contributed by atoms with E-state index in [-0.39, 0.29) is 12.6 Å². The van der Waals surface area contributed by atoms with Gasteiger partial charge in [0.05, 0.1) is 6.54 Å². The Morgan fingerprint density at radius 3 is 2.35 bits per heavy atom. The molecule has 0 aliphatic heterocycles. The summed E-state index contributed by atoms with van der Waals surface area (Å²) in [6.07, 6.45) is 0. The molecule has 0 amide bonds. The molecule has 20 heavy (non-hydrogen) atoms. The monoisotopic (exact) mass is 313 g/mol. The smallest absolute Gasteiger partial charge is 0.253 e. The lowest BCUT2D eigenvalue weighted by molar-refractivity contribution is 0.315. The van der Waals surface area contributed by atoms with Crippen LogP contribution in [0.25, 0.3) is 0 Å². The van der Waals surface area contributed by atoms with Gasteiger partial charge >= 0.3 is 0 Å². The third-order valence-electron chi connectivity index (χ3n) is 2.96. The third-order valence-corrected chi connectivity index (χ3v) is 6.45. The van der Waals surface area contributed by atoms with Crippen molar-refractivity contribution in [3.05, 3.63) is 40.7 Å². The van der Waals surface area contributed by atoms with E-state index in [1.54, 1.807) is 6.07 Å². The lowest BCUT2D eigenvalue weighted by Crippen LogP contribution is -2.35. The molecule has 0 aliphatic carbocycles. The van der Waals surface area contributed by atoms with Gasteiger partial charge in [0.1, 0.15) is 15.7 Å². The first-order valence-corrected chi connectivity index (χ1v) is 8.70. The summed E-state index contributed by atoms with van der Waals surface area (Å²) in [6, 6.07) is 7.02. The highest BCUT2D eigenvalue weighted by Crippen LogP contribution is 2.27. The summed E-state index contributed by atoms with van der Waals surface area (Å²) in [7, 11) is -3.48. The van der Waals surface area contributed by atoms with E-state index >= 15 is 0 Å². The Morgan fingerprint density at radius 1 is 1.20 bits per heavy atom. The number of nitrogens with zero attached hydrogens (tertiary/aromatic N) is 1. The van der Waals surface area contributed by atoms with Gasteiger partial charge in [-0.05, 0) is 52.0 Å². The minimum Gasteiger partial charge on any atom is -0.465 e. The van der Waals surface area contributed by atoms with Crippen molar-refractivity contribution >= 4 is 21.4 Å². The minimum atomic E-state index is -3.48. The van der Waals surface area contributed by atoms with Gasteiger partial charge in [-0.3, -0.25) is 0 Å². The van der Waals surface area contributed by atoms with Crippen LogP contribution in [0.15, 0.2) is 32.9 Å². The molecule has 2 rings (SSSR count). The normalized spacial score (nSPS) is 12.5. The van der Waals surface area contributed by atoms with E-state index in [9.17, 15) is 8.42 Å². The van der Waals surface area contributed by atoms with Gasteiger partial charge in [0, 0.05) is 10.9 Å². The van der Waals surface area contributed by atoms with E-state index in [4.69, 9.17) is 4.42 Å². The van der Waals surface area contributed by atoms with Crippen LogP contribution in [-0.2, 0) is 16.6 Å². The molecule has 2 aromatic heterocycles. The average molecular weight is 313 g/mol. The molecule has 0 fully saturated rings. The zero-order valence-corrected chi connectivity index (χ0v) is 13.7. The maximum Gasteiger partial charge on any atom is 0.253 e. The zero-order chi connectivity index (χ0) is 14.9. The van der Waals surface area contributed by atoms with Crippen molar-refractivity contribution in [1.82, 2.24) is 4.31 Å². The first-order chi connectivity index (χ1) is 9.30. The Morgan fingerprint density at radius 2 is 1.90 bits per heavy atom. The molecule has 2 aromatic rings. The van der Waals surface area contributed by atoms with Gasteiger partial charge in [-0.25, -0.2) is 8.42 Å². The summed E-state index contributed by atoms with van der Waals surface area (Å²) in [6.45, 7) is 7.74. The van der Waals surface area contributed by atoms with Crippen LogP contribution in [0.3, 0.4) is 0 Å². The standard InChI is InChI=1S/C14H19NO3S2/c1-10(2)15(9-13-7-5-11(3)18-13)20(16,17)14-8-6-12(4)19-14/h5-8,10H,9H2,1-4H3. The fourth-order valence-electron chi connectivity index (χ4n) is 1.94. The highest BCUT2D eigenvalue weighted by atomic mass is 32.2. The van der Waals surface area contributed by atoms with Crippen LogP contribution >= 0.6 is 11.3 Å². The van der Waals surface area contributed by atoms with Crippen LogP contribution in [0.5, 0.6) is 0 Å². The van der Waals surface area contributed by atoms with Gasteiger partial charge < -0.3 is 4.42 Å². The highest BCUT2D eigenvalue weighted by Gasteiger charge is 2.29. The molecule has 0 aromatic carbocycles. The van der Waals surface area contributed by atoms with Crippen LogP contribution in [-0.4, -0.2) is 18.8 Å². The van der Waals surface area contributed by atoms with E-state index < -0.39 is 10.0 Å². The van der Waals surface area contributed by atoms with Gasteiger partial charge in [-0.1, -0.05) is 0 Å². The van der Waals surface area contributed by atoms with Crippen molar-refractivity contribution in [2.24, 2.45) is 0 Å². The number of sulfonamides is 1. The zero-order valence-electron chi connectivity index (χ0n) is 12.1. The van der Waals surface area contributed by atoms with Crippen molar-refractivity contribution in [2.75, 3.05) is 0 Å². The summed E-state index contributed by atoms with van der Waals surface area (Å²) in [4.78, 5) is 0.987. The van der Waals surface area contributed by atoms with Crippen LogP contribution in [0, 0.1) is 13.8 Å². The molecule has 0 radical (unpaired) electrons. The molecule has 110 valence electrons. The predicted octanol–water partition coefficient (Wildman–Crippen LogP) is 3.56. The maximum atomic E-state index is 12.7. The van der Waals surface area contributed by atoms with Crippen molar-refractivity contribution in [1.29, 1.82) is 0 Å². The second-order valence-electron chi connectivity index (χ2n) is 5.02. The number of aryl methyl sites for hydroxylation is 2. The number of hydrogen-bond donors (Lipinski definition) is 0. The Labute approximate surface area is 124 Å². The van der Waals surface area contributed by atoms with Crippen molar-refractivity contribution in [2.45, 2.75) is 44.5 Å². The Bertz CT molecular complexity index is 683. The van der Waals surface area contributed by atoms with Crippen molar-refractivity contribution in [3.63, 3.8) is 0 Å². The molecule has 0 saturated carbocycles. The van der Waals surface area contributed by atoms with E-state index in [2.05, 4.69) is 0 Å². The molecular formula is C14H19NO3S2. The first kappa shape index (κ1) is 15.3. The van der Waals surface area contributed by atoms with Crippen LogP contribution in [0.2, 0.25) is 0 Å². The van der Waals surface area contributed by atoms with Gasteiger partial charge in [0.15, 0.2) is 0 Å². The van der Waals surface area contributed by atoms with Crippen LogP contribution < -0.4 is 0 Å². The predicted molar refractivity (Wildman–Crippen MR) is 80.4 cm³/mol. The Balaban J connectivity index is 2.33. The fourth-order valence-corrected chi connectivity index (χ4v) is 4.95. The molecule has 0 saturated heterocycles. The summed E-state index contributed by atoms with van der Waals surface area (Å²) < 4.78 is 32.7. The minimum absolute atomic E-state index is 0.132. The maximum absolute atomic E-state index is 12.7. The molecular weight excluding hydrogens is 294 g/mol. The molecule has 0 unspecified atom stereocenters. The van der Waals surface area contributed by atoms with Crippen LogP contribution in [0.4, 0.5) is 0 Å². The number of thiophene rings is 1. The molecule has 4 nitrogen and oxygen atoms in total. The van der Waals surface area contributed by atoms with E-state index in [1.165, 1.54) is 15.6 Å². The first-order valence-electron chi connectivity index (χ1n) is 6.44. The fraction of sp³-hybridized carbons (Fsp3) is 0.429. The summed E-state index contributed by atoms with van der Waals surface area (Å²) in [5.74, 6) is 1.45. The lowest BCUT2D eigenvalue weighted by Gasteiger charge is -2.24. The molecule has 0 N–H and O–H groups in total. The number of furan rings is 1. The van der Waals surface area contributed by atoms with Crippen LogP contribution in [0.1, 0.15) is 30.2 Å². The SMILES string of the molecule is Cc1ccc(CN(C(C)C)S(=O)(=O)c2ccc(C)s2)o1. The van der Waals surface area contributed by atoms with Gasteiger partial charge in [-0.2, -0.15) is 4.31 Å². The van der Waals surface area contributed by atoms with E-state index in [0.29, 0.717) is 9.97 Å². The number of rotatable bonds is 5. The summed E-state index contributed by atoms with van der Waals surface area (Å²) in [5, 5.41) is 0. The largest absolute Gasteiger partial charge is 0.465 e. The highest BCUT2D eigenvalue weighted by molar-refractivity contribution is 7.91. The van der Waals surface area contributed by atoms with Gasteiger partial charge in [0.25, 0.3) is 10.0 Å². The summed E-state index contributed by atoms with van der Waals surface area (Å²) >= 11 is 1.30. The second-order valence-corrected chi connectivity index (χ2v) is 8.43. The quantitative estimate of drug-likeness (QED) is 0.848. The van der Waals surface area contributed by atoms with Gasteiger partial charge in [0.2, 0.25) is 0 Å². The molecule has 0 atom stereocenters. The van der Waals surface area contributed by atoms with Crippen molar-refractivity contribution < 1.29 is 12.8 Å². The molecule has 0 aliphatic rings. The van der Waals surface area contributed by atoms with Crippen molar-refractivity contribution in [3.8, 4) is 0 Å². The number of hydrogen-bond acceptors (Lipinski definition) is 4. The topological polar surface area (TPSA) is 50.5 Å². The van der Waals surface area contributed by atoms with Gasteiger partial charge in [-0.15, -0.1) is 11.3 Å². The summed E-state index contributed by atoms with van der Waals surface area (Å²) in [5.41, 5.74) is 0. The molecule has 2 heterocycles. The third kappa shape index (κ3) is 3.13. The molecule has 0 bridgehead atoms. The molecule has 6 heteroatoms. The Kier molecular flexibility index (Phi) is 4.36. The lowest BCUT2D eigenvalue weighted by atomic mass is 10.3. The Hall–Kier alpha value is -1.11. The second kappa shape index (κ2) is 5.71. The average Bonchev–Trinajstić information content (AvgIpc) is 2.94.